The van der Waals surface area contributed by atoms with Crippen molar-refractivity contribution in [3.05, 3.63) is 33.9 Å². The van der Waals surface area contributed by atoms with Gasteiger partial charge in [-0.25, -0.2) is 13.6 Å². The van der Waals surface area contributed by atoms with Gasteiger partial charge in [0, 0.05) is 12.6 Å². The summed E-state index contributed by atoms with van der Waals surface area (Å²) in [7, 11) is 0. The van der Waals surface area contributed by atoms with E-state index in [1.54, 1.807) is 0 Å². The highest BCUT2D eigenvalue weighted by Crippen LogP contribution is 2.41. The zero-order valence-electron chi connectivity index (χ0n) is 10.6. The van der Waals surface area contributed by atoms with Crippen LogP contribution in [0.1, 0.15) is 19.8 Å². The predicted molar refractivity (Wildman–Crippen MR) is 65.6 cm³/mol. The largest absolute Gasteiger partial charge is 0.480 e. The standard InChI is InChI=1S/C12H12F2N2O4/c1-12(11(17)18)5-2-6-15(12)10-8(16(19)20)4-3-7(13)9(10)14/h3-4H,2,5-6H2,1H3,(H,17,18). The molecule has 0 aliphatic carbocycles. The number of carbonyl (C=O) groups is 1. The number of rotatable bonds is 3. The van der Waals surface area contributed by atoms with Crippen LogP contribution in [0.25, 0.3) is 0 Å². The van der Waals surface area contributed by atoms with Crippen LogP contribution in [-0.2, 0) is 4.79 Å². The Kier molecular flexibility index (Phi) is 3.33. The van der Waals surface area contributed by atoms with Crippen LogP contribution in [-0.4, -0.2) is 28.1 Å². The van der Waals surface area contributed by atoms with Gasteiger partial charge in [-0.05, 0) is 25.8 Å². The fraction of sp³-hybridized carbons (Fsp3) is 0.417. The Hall–Kier alpha value is -2.25. The second-order valence-electron chi connectivity index (χ2n) is 4.82. The minimum absolute atomic E-state index is 0.115. The molecule has 1 aromatic carbocycles. The molecule has 1 N–H and O–H groups in total. The van der Waals surface area contributed by atoms with E-state index in [9.17, 15) is 28.8 Å². The normalized spacial score (nSPS) is 22.1. The topological polar surface area (TPSA) is 83.7 Å². The van der Waals surface area contributed by atoms with Gasteiger partial charge in [0.2, 0.25) is 0 Å². The van der Waals surface area contributed by atoms with Crippen LogP contribution in [0.5, 0.6) is 0 Å². The van der Waals surface area contributed by atoms with E-state index in [1.165, 1.54) is 6.92 Å². The zero-order valence-corrected chi connectivity index (χ0v) is 10.6. The minimum Gasteiger partial charge on any atom is -0.480 e. The van der Waals surface area contributed by atoms with Crippen molar-refractivity contribution in [2.45, 2.75) is 25.3 Å². The van der Waals surface area contributed by atoms with E-state index < -0.39 is 39.4 Å². The molecule has 8 heteroatoms. The van der Waals surface area contributed by atoms with Gasteiger partial charge in [-0.2, -0.15) is 0 Å². The third-order valence-electron chi connectivity index (χ3n) is 3.62. The quantitative estimate of drug-likeness (QED) is 0.681. The molecule has 6 nitrogen and oxygen atoms in total. The Bertz CT molecular complexity index is 593. The Labute approximate surface area is 112 Å². The summed E-state index contributed by atoms with van der Waals surface area (Å²) < 4.78 is 27.3. The van der Waals surface area contributed by atoms with Crippen LogP contribution in [0.2, 0.25) is 0 Å². The average molecular weight is 286 g/mol. The molecule has 1 aromatic rings. The van der Waals surface area contributed by atoms with Crippen molar-refractivity contribution >= 4 is 17.3 Å². The summed E-state index contributed by atoms with van der Waals surface area (Å²) in [5.74, 6) is -3.87. The van der Waals surface area contributed by atoms with Crippen molar-refractivity contribution in [3.8, 4) is 0 Å². The fourth-order valence-corrected chi connectivity index (χ4v) is 2.48. The van der Waals surface area contributed by atoms with Gasteiger partial charge in [-0.3, -0.25) is 10.1 Å². The SMILES string of the molecule is CC1(C(=O)O)CCCN1c1c([N+](=O)[O-])ccc(F)c1F. The van der Waals surface area contributed by atoms with Gasteiger partial charge < -0.3 is 10.0 Å². The number of hydrogen-bond donors (Lipinski definition) is 1. The number of hydrogen-bond acceptors (Lipinski definition) is 4. The number of anilines is 1. The summed E-state index contributed by atoms with van der Waals surface area (Å²) in [5.41, 5.74) is -2.73. The van der Waals surface area contributed by atoms with Crippen molar-refractivity contribution in [1.82, 2.24) is 0 Å². The van der Waals surface area contributed by atoms with E-state index >= 15 is 0 Å². The van der Waals surface area contributed by atoms with Crippen LogP contribution in [0.3, 0.4) is 0 Å². The summed E-state index contributed by atoms with van der Waals surface area (Å²) in [5, 5.41) is 20.2. The maximum Gasteiger partial charge on any atom is 0.329 e. The average Bonchev–Trinajstić information content (AvgIpc) is 2.75. The van der Waals surface area contributed by atoms with E-state index in [2.05, 4.69) is 0 Å². The molecule has 1 aliphatic rings. The van der Waals surface area contributed by atoms with Crippen LogP contribution in [0, 0.1) is 21.7 Å². The number of aliphatic carboxylic acids is 1. The highest BCUT2D eigenvalue weighted by atomic mass is 19.2. The first-order valence-electron chi connectivity index (χ1n) is 5.92. The predicted octanol–water partition coefficient (Wildman–Crippen LogP) is 2.32. The number of nitro benzene ring substituents is 1. The molecule has 0 radical (unpaired) electrons. The molecule has 0 amide bonds. The molecule has 2 rings (SSSR count). The lowest BCUT2D eigenvalue weighted by Crippen LogP contribution is -2.48. The first-order chi connectivity index (χ1) is 9.29. The van der Waals surface area contributed by atoms with Crippen LogP contribution < -0.4 is 4.90 Å². The summed E-state index contributed by atoms with van der Waals surface area (Å²) in [6.45, 7) is 1.46. The van der Waals surface area contributed by atoms with Gasteiger partial charge in [-0.1, -0.05) is 0 Å². The number of halogens is 2. The maximum absolute atomic E-state index is 14.0. The molecular weight excluding hydrogens is 274 g/mol. The Balaban J connectivity index is 2.65. The number of nitrogens with zero attached hydrogens (tertiary/aromatic N) is 2. The zero-order chi connectivity index (χ0) is 15.1. The molecule has 0 spiro atoms. The first kappa shape index (κ1) is 14.2. The molecule has 1 fully saturated rings. The second kappa shape index (κ2) is 4.69. The summed E-state index contributed by atoms with van der Waals surface area (Å²) in [4.78, 5) is 22.5. The van der Waals surface area contributed by atoms with Gasteiger partial charge in [0.25, 0.3) is 5.69 Å². The highest BCUT2D eigenvalue weighted by molar-refractivity contribution is 5.85. The molecule has 1 unspecified atom stereocenters. The molecule has 0 aromatic heterocycles. The molecular formula is C12H12F2N2O4. The van der Waals surface area contributed by atoms with Crippen LogP contribution in [0.15, 0.2) is 12.1 Å². The smallest absolute Gasteiger partial charge is 0.329 e. The van der Waals surface area contributed by atoms with E-state index in [4.69, 9.17) is 0 Å². The lowest BCUT2D eigenvalue weighted by atomic mass is 9.98. The van der Waals surface area contributed by atoms with Gasteiger partial charge in [0.1, 0.15) is 5.54 Å². The van der Waals surface area contributed by atoms with E-state index in [0.717, 1.165) is 11.0 Å². The number of carboxylic acid groups (broad SMARTS) is 1. The Morgan fingerprint density at radius 3 is 2.70 bits per heavy atom. The van der Waals surface area contributed by atoms with Crippen molar-refractivity contribution in [3.63, 3.8) is 0 Å². The molecule has 1 aliphatic heterocycles. The summed E-state index contributed by atoms with van der Waals surface area (Å²) in [6.07, 6.45) is 0.630. The minimum atomic E-state index is -1.49. The number of nitro groups is 1. The van der Waals surface area contributed by atoms with Crippen molar-refractivity contribution in [2.75, 3.05) is 11.4 Å². The van der Waals surface area contributed by atoms with Gasteiger partial charge in [-0.15, -0.1) is 0 Å². The van der Waals surface area contributed by atoms with E-state index in [1.807, 2.05) is 0 Å². The molecule has 1 heterocycles. The van der Waals surface area contributed by atoms with Crippen LogP contribution in [0.4, 0.5) is 20.2 Å². The maximum atomic E-state index is 14.0. The molecule has 108 valence electrons. The lowest BCUT2D eigenvalue weighted by molar-refractivity contribution is -0.384. The van der Waals surface area contributed by atoms with Crippen molar-refractivity contribution in [2.24, 2.45) is 0 Å². The molecule has 1 atom stereocenters. The van der Waals surface area contributed by atoms with Gasteiger partial charge in [0.05, 0.1) is 4.92 Å². The number of benzene rings is 1. The molecule has 0 bridgehead atoms. The molecule has 20 heavy (non-hydrogen) atoms. The Morgan fingerprint density at radius 1 is 1.50 bits per heavy atom. The fourth-order valence-electron chi connectivity index (χ4n) is 2.48. The van der Waals surface area contributed by atoms with Crippen molar-refractivity contribution < 1.29 is 23.6 Å². The molecule has 1 saturated heterocycles. The van der Waals surface area contributed by atoms with Crippen molar-refractivity contribution in [1.29, 1.82) is 0 Å². The van der Waals surface area contributed by atoms with Gasteiger partial charge in [0.15, 0.2) is 17.3 Å². The number of carboxylic acids is 1. The first-order valence-corrected chi connectivity index (χ1v) is 5.92. The van der Waals surface area contributed by atoms with E-state index in [-0.39, 0.29) is 13.0 Å². The van der Waals surface area contributed by atoms with Gasteiger partial charge >= 0.3 is 5.97 Å². The second-order valence-corrected chi connectivity index (χ2v) is 4.82. The molecule has 0 saturated carbocycles. The highest BCUT2D eigenvalue weighted by Gasteiger charge is 2.47. The Morgan fingerprint density at radius 2 is 2.15 bits per heavy atom. The third kappa shape index (κ3) is 1.97. The van der Waals surface area contributed by atoms with E-state index in [0.29, 0.717) is 12.5 Å². The van der Waals surface area contributed by atoms with Crippen LogP contribution >= 0.6 is 0 Å². The monoisotopic (exact) mass is 286 g/mol. The lowest BCUT2D eigenvalue weighted by Gasteiger charge is -2.32. The summed E-state index contributed by atoms with van der Waals surface area (Å²) >= 11 is 0. The third-order valence-corrected chi connectivity index (χ3v) is 3.62. The summed E-state index contributed by atoms with van der Waals surface area (Å²) in [6, 6.07) is 1.50.